The van der Waals surface area contributed by atoms with Gasteiger partial charge in [-0.2, -0.15) is 0 Å². The summed E-state index contributed by atoms with van der Waals surface area (Å²) in [5.41, 5.74) is 0. The average Bonchev–Trinajstić information content (AvgIpc) is 2.73. The number of benzene rings is 1. The molecule has 1 N–H and O–H groups in total. The molecule has 1 saturated heterocycles. The molecule has 1 atom stereocenters. The summed E-state index contributed by atoms with van der Waals surface area (Å²) in [5.74, 6) is 1.04. The van der Waals surface area contributed by atoms with Gasteiger partial charge in [0.05, 0.1) is 19.1 Å². The number of likely N-dealkylation sites (N-methyl/N-ethyl adjacent to an activating group) is 1. The Balaban J connectivity index is 1.78. The molecule has 0 spiro atoms. The van der Waals surface area contributed by atoms with Crippen LogP contribution >= 0.6 is 0 Å². The molecule has 6 nitrogen and oxygen atoms in total. The first-order chi connectivity index (χ1) is 10.1. The van der Waals surface area contributed by atoms with Crippen molar-refractivity contribution in [3.05, 3.63) is 24.3 Å². The molecule has 0 aliphatic carbocycles. The number of amides is 2. The number of likely N-dealkylation sites (tertiary alicyclic amines) is 1. The van der Waals surface area contributed by atoms with Crippen LogP contribution in [0.15, 0.2) is 24.3 Å². The van der Waals surface area contributed by atoms with Crippen LogP contribution in [-0.4, -0.2) is 49.6 Å². The smallest absolute Gasteiger partial charge is 0.246 e. The van der Waals surface area contributed by atoms with Crippen molar-refractivity contribution in [3.8, 4) is 11.5 Å². The lowest BCUT2D eigenvalue weighted by Gasteiger charge is -2.13. The van der Waals surface area contributed by atoms with Gasteiger partial charge >= 0.3 is 0 Å². The predicted molar refractivity (Wildman–Crippen MR) is 77.3 cm³/mol. The zero-order valence-electron chi connectivity index (χ0n) is 12.3. The Labute approximate surface area is 124 Å². The van der Waals surface area contributed by atoms with Gasteiger partial charge < -0.3 is 14.8 Å². The van der Waals surface area contributed by atoms with E-state index in [2.05, 4.69) is 5.32 Å². The Morgan fingerprint density at radius 2 is 1.90 bits per heavy atom. The van der Waals surface area contributed by atoms with Gasteiger partial charge in [0.1, 0.15) is 6.61 Å². The number of para-hydroxylation sites is 2. The summed E-state index contributed by atoms with van der Waals surface area (Å²) in [6, 6.07) is 7.01. The highest BCUT2D eigenvalue weighted by atomic mass is 16.5. The van der Waals surface area contributed by atoms with Gasteiger partial charge in [-0.15, -0.1) is 0 Å². The molecular formula is C15H20N2O4. The summed E-state index contributed by atoms with van der Waals surface area (Å²) in [6.45, 7) is 3.37. The molecular weight excluding hydrogens is 272 g/mol. The lowest BCUT2D eigenvalue weighted by Crippen LogP contribution is -2.39. The average molecular weight is 292 g/mol. The molecule has 114 valence electrons. The van der Waals surface area contributed by atoms with Crippen LogP contribution in [0.1, 0.15) is 13.3 Å². The number of ether oxygens (including phenoxy) is 2. The maximum Gasteiger partial charge on any atom is 0.246 e. The molecule has 1 aliphatic heterocycles. The first-order valence-electron chi connectivity index (χ1n) is 7.02. The van der Waals surface area contributed by atoms with Gasteiger partial charge in [0.15, 0.2) is 11.5 Å². The lowest BCUT2D eigenvalue weighted by atomic mass is 10.2. The number of carbonyl (C=O) groups excluding carboxylic acids is 2. The van der Waals surface area contributed by atoms with Crippen LogP contribution < -0.4 is 14.8 Å². The summed E-state index contributed by atoms with van der Waals surface area (Å²) in [5, 5.41) is 3.04. The van der Waals surface area contributed by atoms with Gasteiger partial charge in [-0.05, 0) is 19.1 Å². The third-order valence-electron chi connectivity index (χ3n) is 3.28. The van der Waals surface area contributed by atoms with Crippen LogP contribution in [0.25, 0.3) is 0 Å². The van der Waals surface area contributed by atoms with E-state index in [9.17, 15) is 9.59 Å². The van der Waals surface area contributed by atoms with E-state index in [1.807, 2.05) is 31.2 Å². The molecule has 0 radical (unpaired) electrons. The maximum atomic E-state index is 11.7. The normalized spacial score (nSPS) is 18.2. The van der Waals surface area contributed by atoms with Gasteiger partial charge in [0.2, 0.25) is 11.8 Å². The van der Waals surface area contributed by atoms with E-state index in [-0.39, 0.29) is 18.2 Å². The zero-order chi connectivity index (χ0) is 15.2. The van der Waals surface area contributed by atoms with Crippen LogP contribution in [0, 0.1) is 0 Å². The van der Waals surface area contributed by atoms with Gasteiger partial charge in [0, 0.05) is 13.6 Å². The first kappa shape index (κ1) is 15.3. The summed E-state index contributed by atoms with van der Waals surface area (Å²) >= 11 is 0. The highest BCUT2D eigenvalue weighted by molar-refractivity contribution is 6.05. The minimum atomic E-state index is -0.437. The maximum absolute atomic E-state index is 11.7. The summed E-state index contributed by atoms with van der Waals surface area (Å²) < 4.78 is 11.1. The highest BCUT2D eigenvalue weighted by Gasteiger charge is 2.35. The SMILES string of the molecule is CCOc1ccccc1OCCNC1CC(=O)N(C)C1=O. The third-order valence-corrected chi connectivity index (χ3v) is 3.28. The molecule has 21 heavy (non-hydrogen) atoms. The monoisotopic (exact) mass is 292 g/mol. The van der Waals surface area contributed by atoms with Gasteiger partial charge in [0.25, 0.3) is 0 Å². The molecule has 2 rings (SSSR count). The second-order valence-electron chi connectivity index (χ2n) is 4.73. The van der Waals surface area contributed by atoms with Crippen LogP contribution in [0.2, 0.25) is 0 Å². The van der Waals surface area contributed by atoms with Crippen molar-refractivity contribution in [2.24, 2.45) is 0 Å². The van der Waals surface area contributed by atoms with Crippen molar-refractivity contribution in [1.82, 2.24) is 10.2 Å². The zero-order valence-corrected chi connectivity index (χ0v) is 12.3. The Kier molecular flexibility index (Phi) is 5.16. The number of hydrogen-bond acceptors (Lipinski definition) is 5. The minimum Gasteiger partial charge on any atom is -0.490 e. The van der Waals surface area contributed by atoms with Crippen LogP contribution in [0.3, 0.4) is 0 Å². The fraction of sp³-hybridized carbons (Fsp3) is 0.467. The number of hydrogen-bond donors (Lipinski definition) is 1. The van der Waals surface area contributed by atoms with E-state index in [1.54, 1.807) is 0 Å². The van der Waals surface area contributed by atoms with E-state index >= 15 is 0 Å². The third kappa shape index (κ3) is 3.72. The van der Waals surface area contributed by atoms with E-state index in [0.717, 1.165) is 4.90 Å². The van der Waals surface area contributed by atoms with Crippen molar-refractivity contribution >= 4 is 11.8 Å². The second kappa shape index (κ2) is 7.08. The fourth-order valence-electron chi connectivity index (χ4n) is 2.15. The molecule has 1 aromatic rings. The molecule has 0 aromatic heterocycles. The van der Waals surface area contributed by atoms with Crippen LogP contribution in [0.5, 0.6) is 11.5 Å². The van der Waals surface area contributed by atoms with E-state index in [1.165, 1.54) is 7.05 Å². The Morgan fingerprint density at radius 3 is 2.48 bits per heavy atom. The fourth-order valence-corrected chi connectivity index (χ4v) is 2.15. The predicted octanol–water partition coefficient (Wildman–Crippen LogP) is 0.811. The molecule has 1 aromatic carbocycles. The van der Waals surface area contributed by atoms with E-state index < -0.39 is 6.04 Å². The van der Waals surface area contributed by atoms with Crippen molar-refractivity contribution < 1.29 is 19.1 Å². The highest BCUT2D eigenvalue weighted by Crippen LogP contribution is 2.26. The van der Waals surface area contributed by atoms with Gasteiger partial charge in [-0.1, -0.05) is 12.1 Å². The number of nitrogens with zero attached hydrogens (tertiary/aromatic N) is 1. The van der Waals surface area contributed by atoms with Gasteiger partial charge in [-0.25, -0.2) is 0 Å². The molecule has 1 heterocycles. The first-order valence-corrected chi connectivity index (χ1v) is 7.02. The summed E-state index contributed by atoms with van der Waals surface area (Å²) in [4.78, 5) is 24.2. The van der Waals surface area contributed by atoms with E-state index in [0.29, 0.717) is 31.3 Å². The Morgan fingerprint density at radius 1 is 1.24 bits per heavy atom. The minimum absolute atomic E-state index is 0.153. The van der Waals surface area contributed by atoms with Crippen LogP contribution in [0.4, 0.5) is 0 Å². The van der Waals surface area contributed by atoms with E-state index in [4.69, 9.17) is 9.47 Å². The topological polar surface area (TPSA) is 67.9 Å². The second-order valence-corrected chi connectivity index (χ2v) is 4.73. The number of carbonyl (C=O) groups is 2. The molecule has 6 heteroatoms. The summed E-state index contributed by atoms with van der Waals surface area (Å²) in [6.07, 6.45) is 0.213. The van der Waals surface area contributed by atoms with Crippen molar-refractivity contribution in [2.75, 3.05) is 26.8 Å². The largest absolute Gasteiger partial charge is 0.490 e. The van der Waals surface area contributed by atoms with Crippen LogP contribution in [-0.2, 0) is 9.59 Å². The lowest BCUT2D eigenvalue weighted by molar-refractivity contribution is -0.137. The molecule has 2 amide bonds. The number of imide groups is 1. The molecule has 0 saturated carbocycles. The van der Waals surface area contributed by atoms with Crippen molar-refractivity contribution in [2.45, 2.75) is 19.4 Å². The van der Waals surface area contributed by atoms with Crippen molar-refractivity contribution in [3.63, 3.8) is 0 Å². The van der Waals surface area contributed by atoms with Crippen molar-refractivity contribution in [1.29, 1.82) is 0 Å². The molecule has 1 fully saturated rings. The Bertz CT molecular complexity index is 518. The molecule has 1 aliphatic rings. The molecule has 1 unspecified atom stereocenters. The molecule has 0 bridgehead atoms. The quantitative estimate of drug-likeness (QED) is 0.595. The number of nitrogens with one attached hydrogen (secondary N) is 1. The summed E-state index contributed by atoms with van der Waals surface area (Å²) in [7, 11) is 1.50. The van der Waals surface area contributed by atoms with Gasteiger partial charge in [-0.3, -0.25) is 14.5 Å². The standard InChI is InChI=1S/C15H20N2O4/c1-3-20-12-6-4-5-7-13(12)21-9-8-16-11-10-14(18)17(2)15(11)19/h4-7,11,16H,3,8-10H2,1-2H3. The number of rotatable bonds is 7. The Hall–Kier alpha value is -2.08.